The fraction of sp³-hybridized carbons (Fsp3) is 0.300. The number of anilines is 1. The first-order valence-corrected chi connectivity index (χ1v) is 8.87. The Morgan fingerprint density at radius 2 is 1.71 bits per heavy atom. The van der Waals surface area contributed by atoms with E-state index in [1.54, 1.807) is 30.3 Å². The Bertz CT molecular complexity index is 774. The molecule has 0 bridgehead atoms. The van der Waals surface area contributed by atoms with E-state index in [9.17, 15) is 14.0 Å². The number of benzene rings is 2. The highest BCUT2D eigenvalue weighted by atomic mass is 35.5. The molecule has 0 fully saturated rings. The van der Waals surface area contributed by atoms with Crippen LogP contribution in [-0.4, -0.2) is 38.1 Å². The summed E-state index contributed by atoms with van der Waals surface area (Å²) in [6.45, 7) is 3.79. The summed E-state index contributed by atoms with van der Waals surface area (Å²) >= 11 is 0. The fourth-order valence-corrected chi connectivity index (χ4v) is 2.33. The number of ether oxygens (including phenoxy) is 1. The lowest BCUT2D eigenvalue weighted by molar-refractivity contribution is -0.118. The summed E-state index contributed by atoms with van der Waals surface area (Å²) in [5.74, 6) is -1.03. The molecule has 0 aliphatic rings. The molecule has 0 spiro atoms. The van der Waals surface area contributed by atoms with E-state index in [-0.39, 0.29) is 30.6 Å². The first-order chi connectivity index (χ1) is 13.1. The molecule has 6 nitrogen and oxygen atoms in total. The van der Waals surface area contributed by atoms with Crippen molar-refractivity contribution in [1.82, 2.24) is 10.6 Å². The maximum Gasteiger partial charge on any atom is 0.262 e. The van der Waals surface area contributed by atoms with Crippen molar-refractivity contribution in [1.29, 1.82) is 0 Å². The Kier molecular flexibility index (Phi) is 10.6. The second-order valence-corrected chi connectivity index (χ2v) is 5.82. The van der Waals surface area contributed by atoms with Crippen LogP contribution in [0.25, 0.3) is 0 Å². The normalized spacial score (nSPS) is 9.93. The summed E-state index contributed by atoms with van der Waals surface area (Å²) in [5, 5.41) is 8.43. The van der Waals surface area contributed by atoms with Crippen molar-refractivity contribution >= 4 is 29.9 Å². The average Bonchev–Trinajstić information content (AvgIpc) is 2.68. The molecule has 0 heterocycles. The van der Waals surface area contributed by atoms with Crippen molar-refractivity contribution in [3.05, 3.63) is 59.9 Å². The van der Waals surface area contributed by atoms with E-state index in [0.717, 1.165) is 13.0 Å². The number of rotatable bonds is 10. The van der Waals surface area contributed by atoms with Crippen molar-refractivity contribution in [2.24, 2.45) is 0 Å². The summed E-state index contributed by atoms with van der Waals surface area (Å²) in [7, 11) is 0. The van der Waals surface area contributed by atoms with Crippen LogP contribution in [0.2, 0.25) is 0 Å². The Morgan fingerprint density at radius 1 is 1.00 bits per heavy atom. The van der Waals surface area contributed by atoms with Crippen LogP contribution in [0.4, 0.5) is 10.1 Å². The molecule has 2 aromatic carbocycles. The van der Waals surface area contributed by atoms with Crippen molar-refractivity contribution in [2.45, 2.75) is 13.3 Å². The van der Waals surface area contributed by atoms with Crippen molar-refractivity contribution < 1.29 is 18.7 Å². The fourth-order valence-electron chi connectivity index (χ4n) is 2.33. The largest absolute Gasteiger partial charge is 0.483 e. The monoisotopic (exact) mass is 409 g/mol. The van der Waals surface area contributed by atoms with Crippen LogP contribution in [-0.2, 0) is 4.79 Å². The van der Waals surface area contributed by atoms with Crippen LogP contribution in [0, 0.1) is 5.82 Å². The van der Waals surface area contributed by atoms with Crippen molar-refractivity contribution in [3.8, 4) is 5.75 Å². The average molecular weight is 410 g/mol. The molecule has 2 aromatic rings. The van der Waals surface area contributed by atoms with E-state index in [2.05, 4.69) is 22.9 Å². The molecule has 0 aliphatic heterocycles. The Balaban J connectivity index is 0.00000392. The summed E-state index contributed by atoms with van der Waals surface area (Å²) in [6, 6.07) is 12.5. The number of para-hydroxylation sites is 2. The van der Waals surface area contributed by atoms with E-state index in [0.29, 0.717) is 24.4 Å². The van der Waals surface area contributed by atoms with Gasteiger partial charge in [0, 0.05) is 13.1 Å². The van der Waals surface area contributed by atoms with E-state index in [1.165, 1.54) is 18.2 Å². The van der Waals surface area contributed by atoms with E-state index in [4.69, 9.17) is 4.74 Å². The van der Waals surface area contributed by atoms with Gasteiger partial charge < -0.3 is 20.7 Å². The van der Waals surface area contributed by atoms with E-state index in [1.807, 2.05) is 0 Å². The smallest absolute Gasteiger partial charge is 0.262 e. The first kappa shape index (κ1) is 23.4. The number of hydrogen-bond donors (Lipinski definition) is 3. The zero-order chi connectivity index (χ0) is 19.5. The Labute approximate surface area is 170 Å². The van der Waals surface area contributed by atoms with Gasteiger partial charge in [-0.05, 0) is 37.2 Å². The minimum Gasteiger partial charge on any atom is -0.483 e. The van der Waals surface area contributed by atoms with Gasteiger partial charge in [-0.25, -0.2) is 4.39 Å². The molecule has 0 saturated heterocycles. The number of hydrogen-bond acceptors (Lipinski definition) is 4. The summed E-state index contributed by atoms with van der Waals surface area (Å²) in [4.78, 5) is 24.3. The molecule has 8 heteroatoms. The van der Waals surface area contributed by atoms with Gasteiger partial charge in [0.1, 0.15) is 11.6 Å². The van der Waals surface area contributed by atoms with Gasteiger partial charge in [0.25, 0.3) is 11.8 Å². The molecule has 0 radical (unpaired) electrons. The minimum atomic E-state index is -0.526. The summed E-state index contributed by atoms with van der Waals surface area (Å²) in [5.41, 5.74) is 0.420. The Hall–Kier alpha value is -2.64. The number of carbonyl (C=O) groups excluding carboxylic acids is 2. The summed E-state index contributed by atoms with van der Waals surface area (Å²) in [6.07, 6.45) is 1.03. The SMILES string of the molecule is CCCNCCNC(=O)c1ccccc1OCC(=O)Nc1ccccc1F.Cl. The molecule has 28 heavy (non-hydrogen) atoms. The van der Waals surface area contributed by atoms with Gasteiger partial charge in [-0.15, -0.1) is 12.4 Å². The molecule has 0 atom stereocenters. The van der Waals surface area contributed by atoms with Crippen LogP contribution in [0.5, 0.6) is 5.75 Å². The lowest BCUT2D eigenvalue weighted by Gasteiger charge is -2.12. The second-order valence-electron chi connectivity index (χ2n) is 5.82. The van der Waals surface area contributed by atoms with E-state index >= 15 is 0 Å². The van der Waals surface area contributed by atoms with Crippen LogP contribution in [0.3, 0.4) is 0 Å². The highest BCUT2D eigenvalue weighted by Crippen LogP contribution is 2.18. The van der Waals surface area contributed by atoms with Crippen molar-refractivity contribution in [3.63, 3.8) is 0 Å². The number of nitrogens with one attached hydrogen (secondary N) is 3. The molecule has 0 aliphatic carbocycles. The highest BCUT2D eigenvalue weighted by Gasteiger charge is 2.13. The third kappa shape index (κ3) is 7.54. The van der Waals surface area contributed by atoms with Crippen LogP contribution >= 0.6 is 12.4 Å². The lowest BCUT2D eigenvalue weighted by atomic mass is 10.2. The van der Waals surface area contributed by atoms with Gasteiger partial charge in [-0.2, -0.15) is 0 Å². The first-order valence-electron chi connectivity index (χ1n) is 8.87. The lowest BCUT2D eigenvalue weighted by Crippen LogP contribution is -2.32. The number of amides is 2. The third-order valence-corrected chi connectivity index (χ3v) is 3.65. The van der Waals surface area contributed by atoms with Gasteiger partial charge in [-0.3, -0.25) is 9.59 Å². The molecule has 2 amide bonds. The maximum absolute atomic E-state index is 13.6. The third-order valence-electron chi connectivity index (χ3n) is 3.65. The van der Waals surface area contributed by atoms with E-state index < -0.39 is 11.7 Å². The summed E-state index contributed by atoms with van der Waals surface area (Å²) < 4.78 is 19.0. The van der Waals surface area contributed by atoms with Gasteiger partial charge in [-0.1, -0.05) is 31.2 Å². The zero-order valence-electron chi connectivity index (χ0n) is 15.7. The van der Waals surface area contributed by atoms with Gasteiger partial charge in [0.05, 0.1) is 11.3 Å². The second kappa shape index (κ2) is 12.7. The molecule has 152 valence electrons. The van der Waals surface area contributed by atoms with Gasteiger partial charge in [0.2, 0.25) is 0 Å². The highest BCUT2D eigenvalue weighted by molar-refractivity contribution is 5.97. The predicted octanol–water partition coefficient (Wildman–Crippen LogP) is 2.99. The molecule has 0 aromatic heterocycles. The Morgan fingerprint density at radius 3 is 2.46 bits per heavy atom. The van der Waals surface area contributed by atoms with Crippen molar-refractivity contribution in [2.75, 3.05) is 31.6 Å². The number of carbonyl (C=O) groups is 2. The van der Waals surface area contributed by atoms with Crippen LogP contribution in [0.1, 0.15) is 23.7 Å². The quantitative estimate of drug-likeness (QED) is 0.527. The predicted molar refractivity (Wildman–Crippen MR) is 110 cm³/mol. The number of halogens is 2. The van der Waals surface area contributed by atoms with Crippen LogP contribution in [0.15, 0.2) is 48.5 Å². The van der Waals surface area contributed by atoms with Gasteiger partial charge >= 0.3 is 0 Å². The molecule has 3 N–H and O–H groups in total. The van der Waals surface area contributed by atoms with Crippen LogP contribution < -0.4 is 20.7 Å². The molecular weight excluding hydrogens is 385 g/mol. The topological polar surface area (TPSA) is 79.5 Å². The standard InChI is InChI=1S/C20H24FN3O3.ClH/c1-2-11-22-12-13-23-20(26)15-7-3-6-10-18(15)27-14-19(25)24-17-9-5-4-8-16(17)21;/h3-10,22H,2,11-14H2,1H3,(H,23,26)(H,24,25);1H. The minimum absolute atomic E-state index is 0. The molecular formula is C20H25ClFN3O3. The molecule has 2 rings (SSSR count). The molecule has 0 unspecified atom stereocenters. The van der Waals surface area contributed by atoms with Gasteiger partial charge in [0.15, 0.2) is 6.61 Å². The maximum atomic E-state index is 13.6. The molecule has 0 saturated carbocycles. The zero-order valence-corrected chi connectivity index (χ0v) is 16.5.